The predicted octanol–water partition coefficient (Wildman–Crippen LogP) is 2.36. The average molecular weight is 248 g/mol. The maximum atomic E-state index is 5.86. The Morgan fingerprint density at radius 2 is 1.82 bits per heavy atom. The van der Waals surface area contributed by atoms with Crippen LogP contribution >= 0.6 is 11.6 Å². The molecular weight excluding hydrogens is 234 g/mol. The van der Waals surface area contributed by atoms with Gasteiger partial charge in [-0.25, -0.2) is 0 Å². The summed E-state index contributed by atoms with van der Waals surface area (Å²) in [6, 6.07) is 13.1. The number of hydrogen-bond donors (Lipinski definition) is 2. The van der Waals surface area contributed by atoms with E-state index in [2.05, 4.69) is 4.98 Å². The number of rotatable bonds is 3. The number of hydrogen-bond acceptors (Lipinski definition) is 3. The molecule has 0 aliphatic heterocycles. The van der Waals surface area contributed by atoms with Crippen molar-refractivity contribution in [3.05, 3.63) is 53.2 Å². The first kappa shape index (κ1) is 12.0. The molecule has 0 radical (unpaired) electrons. The Labute approximate surface area is 105 Å². The molecule has 0 aliphatic rings. The van der Waals surface area contributed by atoms with Crippen molar-refractivity contribution in [3.8, 4) is 11.3 Å². The highest BCUT2D eigenvalue weighted by Gasteiger charge is 2.06. The van der Waals surface area contributed by atoms with Crippen LogP contribution in [-0.4, -0.2) is 11.5 Å². The minimum Gasteiger partial charge on any atom is -0.329 e. The maximum Gasteiger partial charge on any atom is 0.0706 e. The number of halogens is 1. The van der Waals surface area contributed by atoms with Crippen LogP contribution in [0.3, 0.4) is 0 Å². The van der Waals surface area contributed by atoms with Gasteiger partial charge in [0.15, 0.2) is 0 Å². The molecule has 17 heavy (non-hydrogen) atoms. The van der Waals surface area contributed by atoms with Gasteiger partial charge in [0.05, 0.1) is 17.4 Å². The predicted molar refractivity (Wildman–Crippen MR) is 70.7 cm³/mol. The number of pyridine rings is 1. The quantitative estimate of drug-likeness (QED) is 0.875. The fourth-order valence-electron chi connectivity index (χ4n) is 1.56. The molecule has 2 rings (SSSR count). The smallest absolute Gasteiger partial charge is 0.0706 e. The third-order valence-corrected chi connectivity index (χ3v) is 2.80. The van der Waals surface area contributed by atoms with Gasteiger partial charge in [-0.15, -0.1) is 0 Å². The van der Waals surface area contributed by atoms with E-state index in [1.165, 1.54) is 0 Å². The summed E-state index contributed by atoms with van der Waals surface area (Å²) in [6.45, 7) is 0.386. The lowest BCUT2D eigenvalue weighted by molar-refractivity contribution is 0.712. The Morgan fingerprint density at radius 3 is 2.47 bits per heavy atom. The van der Waals surface area contributed by atoms with Gasteiger partial charge < -0.3 is 11.5 Å². The lowest BCUT2D eigenvalue weighted by Crippen LogP contribution is -2.21. The number of nitrogens with zero attached hydrogens (tertiary/aromatic N) is 1. The minimum atomic E-state index is -0.220. The van der Waals surface area contributed by atoms with Crippen LogP contribution in [0.4, 0.5) is 0 Å². The Bertz CT molecular complexity index is 496. The van der Waals surface area contributed by atoms with Crippen LogP contribution in [0.1, 0.15) is 11.7 Å². The van der Waals surface area contributed by atoms with Crippen molar-refractivity contribution in [2.45, 2.75) is 6.04 Å². The summed E-state index contributed by atoms with van der Waals surface area (Å²) in [7, 11) is 0. The van der Waals surface area contributed by atoms with Crippen molar-refractivity contribution in [1.82, 2.24) is 4.98 Å². The van der Waals surface area contributed by atoms with Gasteiger partial charge in [0, 0.05) is 17.1 Å². The molecule has 0 spiro atoms. The van der Waals surface area contributed by atoms with Gasteiger partial charge in [-0.1, -0.05) is 29.8 Å². The Morgan fingerprint density at radius 1 is 1.12 bits per heavy atom. The fraction of sp³-hybridized carbons (Fsp3) is 0.154. The van der Waals surface area contributed by atoms with Crippen LogP contribution in [0.2, 0.25) is 5.02 Å². The molecule has 0 fully saturated rings. The van der Waals surface area contributed by atoms with E-state index in [9.17, 15) is 0 Å². The first-order chi connectivity index (χ1) is 8.20. The molecule has 0 aliphatic carbocycles. The molecule has 1 aromatic heterocycles. The first-order valence-electron chi connectivity index (χ1n) is 5.39. The summed E-state index contributed by atoms with van der Waals surface area (Å²) in [4.78, 5) is 4.50. The molecule has 1 heterocycles. The Kier molecular flexibility index (Phi) is 3.74. The fourth-order valence-corrected chi connectivity index (χ4v) is 1.69. The summed E-state index contributed by atoms with van der Waals surface area (Å²) < 4.78 is 0. The van der Waals surface area contributed by atoms with Crippen molar-refractivity contribution in [1.29, 1.82) is 0 Å². The summed E-state index contributed by atoms with van der Waals surface area (Å²) in [5, 5.41) is 0.712. The van der Waals surface area contributed by atoms with E-state index in [-0.39, 0.29) is 6.04 Å². The largest absolute Gasteiger partial charge is 0.329 e. The van der Waals surface area contributed by atoms with Gasteiger partial charge in [0.1, 0.15) is 0 Å². The molecule has 1 unspecified atom stereocenters. The van der Waals surface area contributed by atoms with Gasteiger partial charge in [0.2, 0.25) is 0 Å². The SMILES string of the molecule is NCC(N)c1cccc(-c2ccc(Cl)cc2)n1. The van der Waals surface area contributed by atoms with Crippen LogP contribution in [-0.2, 0) is 0 Å². The molecule has 4 N–H and O–H groups in total. The van der Waals surface area contributed by atoms with Crippen LogP contribution in [0, 0.1) is 0 Å². The molecule has 0 saturated heterocycles. The second-order valence-electron chi connectivity index (χ2n) is 3.80. The summed E-state index contributed by atoms with van der Waals surface area (Å²) >= 11 is 5.85. The monoisotopic (exact) mass is 247 g/mol. The molecule has 3 nitrogen and oxygen atoms in total. The van der Waals surface area contributed by atoms with Gasteiger partial charge in [-0.05, 0) is 24.3 Å². The third-order valence-electron chi connectivity index (χ3n) is 2.54. The van der Waals surface area contributed by atoms with E-state index in [0.29, 0.717) is 11.6 Å². The zero-order chi connectivity index (χ0) is 12.3. The van der Waals surface area contributed by atoms with E-state index in [1.54, 1.807) is 0 Å². The van der Waals surface area contributed by atoms with E-state index >= 15 is 0 Å². The van der Waals surface area contributed by atoms with Crippen molar-refractivity contribution in [2.75, 3.05) is 6.54 Å². The molecule has 0 bridgehead atoms. The molecular formula is C13H14ClN3. The number of nitrogens with two attached hydrogens (primary N) is 2. The molecule has 88 valence electrons. The van der Waals surface area contributed by atoms with Gasteiger partial charge >= 0.3 is 0 Å². The zero-order valence-corrected chi connectivity index (χ0v) is 10.1. The van der Waals surface area contributed by atoms with Crippen molar-refractivity contribution >= 4 is 11.6 Å². The van der Waals surface area contributed by atoms with Gasteiger partial charge in [-0.3, -0.25) is 4.98 Å². The topological polar surface area (TPSA) is 64.9 Å². The van der Waals surface area contributed by atoms with Gasteiger partial charge in [0.25, 0.3) is 0 Å². The van der Waals surface area contributed by atoms with Crippen molar-refractivity contribution in [2.24, 2.45) is 11.5 Å². The summed E-state index contributed by atoms with van der Waals surface area (Å²) in [6.07, 6.45) is 0. The van der Waals surface area contributed by atoms with Crippen LogP contribution in [0.5, 0.6) is 0 Å². The molecule has 2 aromatic rings. The molecule has 1 atom stereocenters. The third kappa shape index (κ3) is 2.82. The Hall–Kier alpha value is -1.42. The van der Waals surface area contributed by atoms with E-state index in [1.807, 2.05) is 42.5 Å². The Balaban J connectivity index is 2.36. The minimum absolute atomic E-state index is 0.220. The summed E-state index contributed by atoms with van der Waals surface area (Å²) in [5.41, 5.74) is 14.1. The van der Waals surface area contributed by atoms with E-state index in [4.69, 9.17) is 23.1 Å². The second kappa shape index (κ2) is 5.27. The van der Waals surface area contributed by atoms with E-state index < -0.39 is 0 Å². The van der Waals surface area contributed by atoms with Crippen molar-refractivity contribution < 1.29 is 0 Å². The normalized spacial score (nSPS) is 12.4. The van der Waals surface area contributed by atoms with Crippen molar-refractivity contribution in [3.63, 3.8) is 0 Å². The lowest BCUT2D eigenvalue weighted by atomic mass is 10.1. The number of aromatic nitrogens is 1. The summed E-state index contributed by atoms with van der Waals surface area (Å²) in [5.74, 6) is 0. The maximum absolute atomic E-state index is 5.86. The second-order valence-corrected chi connectivity index (χ2v) is 4.23. The van der Waals surface area contributed by atoms with Crippen LogP contribution in [0.25, 0.3) is 11.3 Å². The van der Waals surface area contributed by atoms with E-state index in [0.717, 1.165) is 17.0 Å². The highest BCUT2D eigenvalue weighted by molar-refractivity contribution is 6.30. The number of benzene rings is 1. The average Bonchev–Trinajstić information content (AvgIpc) is 2.39. The van der Waals surface area contributed by atoms with Crippen LogP contribution in [0.15, 0.2) is 42.5 Å². The van der Waals surface area contributed by atoms with Gasteiger partial charge in [-0.2, -0.15) is 0 Å². The highest BCUT2D eigenvalue weighted by Crippen LogP contribution is 2.20. The molecule has 0 amide bonds. The standard InChI is InChI=1S/C13H14ClN3/c14-10-6-4-9(5-7-10)12-2-1-3-13(17-12)11(16)8-15/h1-7,11H,8,15-16H2. The van der Waals surface area contributed by atoms with Crippen LogP contribution < -0.4 is 11.5 Å². The zero-order valence-electron chi connectivity index (χ0n) is 9.31. The highest BCUT2D eigenvalue weighted by atomic mass is 35.5. The molecule has 0 saturated carbocycles. The molecule has 4 heteroatoms. The first-order valence-corrected chi connectivity index (χ1v) is 5.77. The molecule has 1 aromatic carbocycles. The lowest BCUT2D eigenvalue weighted by Gasteiger charge is -2.09.